The molecule has 0 unspecified atom stereocenters. The van der Waals surface area contributed by atoms with Gasteiger partial charge in [0, 0.05) is 19.6 Å². The first-order chi connectivity index (χ1) is 12.5. The molecule has 1 spiro atoms. The molecule has 7 heteroatoms. The molecule has 1 amide bonds. The quantitative estimate of drug-likeness (QED) is 0.812. The number of hydrogen-bond donors (Lipinski definition) is 0. The predicted molar refractivity (Wildman–Crippen MR) is 99.6 cm³/mol. The molecule has 1 aliphatic carbocycles. The number of carbonyl (C=O) groups excluding carboxylic acids is 1. The van der Waals surface area contributed by atoms with Crippen molar-refractivity contribution in [3.05, 3.63) is 52.2 Å². The molecular weight excluding hydrogens is 368 g/mol. The lowest BCUT2D eigenvalue weighted by Gasteiger charge is -2.34. The van der Waals surface area contributed by atoms with Crippen molar-refractivity contribution in [2.24, 2.45) is 5.92 Å². The summed E-state index contributed by atoms with van der Waals surface area (Å²) in [5.41, 5.74) is 0.257. The van der Waals surface area contributed by atoms with E-state index < -0.39 is 15.6 Å². The summed E-state index contributed by atoms with van der Waals surface area (Å²) in [7, 11) is -3.50. The van der Waals surface area contributed by atoms with E-state index in [1.54, 1.807) is 16.4 Å². The first-order valence-corrected chi connectivity index (χ1v) is 11.3. The van der Waals surface area contributed by atoms with Gasteiger partial charge < -0.3 is 4.90 Å². The molecule has 3 aliphatic rings. The van der Waals surface area contributed by atoms with Gasteiger partial charge in [-0.2, -0.15) is 4.31 Å². The van der Waals surface area contributed by atoms with Crippen molar-refractivity contribution in [3.8, 4) is 0 Å². The SMILES string of the molecule is O=C(c1cccs1)N1CC[C@@]2(C1)c1ccccc1S(=O)(=O)N2CC1CC1. The van der Waals surface area contributed by atoms with Crippen molar-refractivity contribution in [1.29, 1.82) is 0 Å². The molecule has 2 aromatic rings. The predicted octanol–water partition coefficient (Wildman–Crippen LogP) is 2.90. The first-order valence-electron chi connectivity index (χ1n) is 8.97. The van der Waals surface area contributed by atoms with Gasteiger partial charge in [-0.25, -0.2) is 8.42 Å². The monoisotopic (exact) mass is 388 g/mol. The fourth-order valence-corrected chi connectivity index (χ4v) is 7.14. The highest BCUT2D eigenvalue weighted by molar-refractivity contribution is 7.89. The van der Waals surface area contributed by atoms with Crippen LogP contribution in [0.4, 0.5) is 0 Å². The summed E-state index contributed by atoms with van der Waals surface area (Å²) in [6.07, 6.45) is 2.85. The molecule has 3 heterocycles. The van der Waals surface area contributed by atoms with E-state index in [0.29, 0.717) is 41.7 Å². The van der Waals surface area contributed by atoms with E-state index in [0.717, 1.165) is 18.4 Å². The van der Waals surface area contributed by atoms with Crippen molar-refractivity contribution in [2.75, 3.05) is 19.6 Å². The zero-order valence-corrected chi connectivity index (χ0v) is 15.9. The van der Waals surface area contributed by atoms with Crippen LogP contribution in [-0.2, 0) is 15.6 Å². The molecule has 1 saturated carbocycles. The highest BCUT2D eigenvalue weighted by Gasteiger charge is 2.58. The second kappa shape index (κ2) is 5.65. The third-order valence-electron chi connectivity index (χ3n) is 5.82. The van der Waals surface area contributed by atoms with Crippen molar-refractivity contribution in [1.82, 2.24) is 9.21 Å². The molecule has 0 N–H and O–H groups in total. The lowest BCUT2D eigenvalue weighted by Crippen LogP contribution is -2.47. The van der Waals surface area contributed by atoms with Gasteiger partial charge in [0.1, 0.15) is 0 Å². The second-order valence-electron chi connectivity index (χ2n) is 7.46. The molecule has 5 nitrogen and oxygen atoms in total. The molecule has 136 valence electrons. The van der Waals surface area contributed by atoms with E-state index in [2.05, 4.69) is 0 Å². The van der Waals surface area contributed by atoms with Gasteiger partial charge in [0.2, 0.25) is 10.0 Å². The summed E-state index contributed by atoms with van der Waals surface area (Å²) >= 11 is 1.43. The van der Waals surface area contributed by atoms with Crippen LogP contribution in [0.3, 0.4) is 0 Å². The third kappa shape index (κ3) is 2.30. The topological polar surface area (TPSA) is 57.7 Å². The van der Waals surface area contributed by atoms with Crippen LogP contribution in [0.15, 0.2) is 46.7 Å². The first kappa shape index (κ1) is 16.5. The van der Waals surface area contributed by atoms with Crippen molar-refractivity contribution in [2.45, 2.75) is 29.7 Å². The summed E-state index contributed by atoms with van der Waals surface area (Å²) in [6.45, 7) is 1.59. The molecule has 0 bridgehead atoms. The Morgan fingerprint density at radius 2 is 2.00 bits per heavy atom. The van der Waals surface area contributed by atoms with E-state index in [1.807, 2.05) is 34.5 Å². The Hall–Kier alpha value is -1.70. The Labute approximate surface area is 157 Å². The fraction of sp³-hybridized carbons (Fsp3) is 0.421. The summed E-state index contributed by atoms with van der Waals surface area (Å²) in [6, 6.07) is 11.0. The van der Waals surface area contributed by atoms with Gasteiger partial charge in [0.25, 0.3) is 5.91 Å². The Kier molecular flexibility index (Phi) is 3.58. The number of hydrogen-bond acceptors (Lipinski definition) is 4. The van der Waals surface area contributed by atoms with Crippen LogP contribution < -0.4 is 0 Å². The zero-order chi connectivity index (χ0) is 17.9. The van der Waals surface area contributed by atoms with E-state index >= 15 is 0 Å². The van der Waals surface area contributed by atoms with E-state index in [4.69, 9.17) is 0 Å². The fourth-order valence-electron chi connectivity index (χ4n) is 4.31. The lowest BCUT2D eigenvalue weighted by atomic mass is 9.88. The normalized spacial score (nSPS) is 27.2. The number of rotatable bonds is 3. The molecule has 1 aromatic carbocycles. The number of likely N-dealkylation sites (tertiary alicyclic amines) is 1. The summed E-state index contributed by atoms with van der Waals surface area (Å²) < 4.78 is 28.2. The summed E-state index contributed by atoms with van der Waals surface area (Å²) in [5, 5.41) is 1.90. The van der Waals surface area contributed by atoms with E-state index in [-0.39, 0.29) is 5.91 Å². The van der Waals surface area contributed by atoms with Crippen LogP contribution in [0.1, 0.15) is 34.5 Å². The molecule has 1 aromatic heterocycles. The zero-order valence-electron chi connectivity index (χ0n) is 14.3. The van der Waals surface area contributed by atoms with Gasteiger partial charge in [0.05, 0.1) is 15.3 Å². The summed E-state index contributed by atoms with van der Waals surface area (Å²) in [5.74, 6) is 0.461. The largest absolute Gasteiger partial charge is 0.336 e. The maximum atomic E-state index is 13.2. The number of benzene rings is 1. The second-order valence-corrected chi connectivity index (χ2v) is 10.2. The molecule has 5 rings (SSSR count). The maximum Gasteiger partial charge on any atom is 0.263 e. The van der Waals surface area contributed by atoms with Gasteiger partial charge >= 0.3 is 0 Å². The number of thiophene rings is 1. The molecular formula is C19H20N2O3S2. The average molecular weight is 389 g/mol. The lowest BCUT2D eigenvalue weighted by molar-refractivity contribution is 0.0768. The van der Waals surface area contributed by atoms with Crippen LogP contribution in [-0.4, -0.2) is 43.2 Å². The number of sulfonamides is 1. The van der Waals surface area contributed by atoms with Crippen molar-refractivity contribution in [3.63, 3.8) is 0 Å². The number of amides is 1. The average Bonchev–Trinajstić information content (AvgIpc) is 3.09. The van der Waals surface area contributed by atoms with Crippen molar-refractivity contribution >= 4 is 27.3 Å². The molecule has 26 heavy (non-hydrogen) atoms. The molecule has 1 saturated heterocycles. The number of fused-ring (bicyclic) bond motifs is 2. The Bertz CT molecular complexity index is 966. The van der Waals surface area contributed by atoms with E-state index in [1.165, 1.54) is 11.3 Å². The minimum Gasteiger partial charge on any atom is -0.336 e. The molecule has 2 aliphatic heterocycles. The van der Waals surface area contributed by atoms with Gasteiger partial charge in [-0.05, 0) is 48.3 Å². The van der Waals surface area contributed by atoms with Crippen LogP contribution in [0.2, 0.25) is 0 Å². The van der Waals surface area contributed by atoms with Gasteiger partial charge in [0.15, 0.2) is 0 Å². The van der Waals surface area contributed by atoms with E-state index in [9.17, 15) is 13.2 Å². The standard InChI is InChI=1S/C19H20N2O3S2/c22-18(16-5-3-11-25-16)20-10-9-19(13-20)15-4-1-2-6-17(15)26(23,24)21(19)12-14-7-8-14/h1-6,11,14H,7-10,12-13H2/t19-/m1/s1. The highest BCUT2D eigenvalue weighted by Crippen LogP contribution is 2.51. The molecule has 0 radical (unpaired) electrons. The minimum atomic E-state index is -3.50. The van der Waals surface area contributed by atoms with Crippen LogP contribution in [0.25, 0.3) is 0 Å². The molecule has 2 fully saturated rings. The smallest absolute Gasteiger partial charge is 0.263 e. The Morgan fingerprint density at radius 3 is 2.73 bits per heavy atom. The Balaban J connectivity index is 1.56. The minimum absolute atomic E-state index is 0.00465. The maximum absolute atomic E-state index is 13.2. The summed E-state index contributed by atoms with van der Waals surface area (Å²) in [4.78, 5) is 15.8. The van der Waals surface area contributed by atoms with Crippen LogP contribution >= 0.6 is 11.3 Å². The molecule has 1 atom stereocenters. The van der Waals surface area contributed by atoms with Gasteiger partial charge in [-0.15, -0.1) is 11.3 Å². The number of carbonyl (C=O) groups is 1. The van der Waals surface area contributed by atoms with Gasteiger partial charge in [-0.1, -0.05) is 24.3 Å². The number of nitrogens with zero attached hydrogens (tertiary/aromatic N) is 2. The van der Waals surface area contributed by atoms with Crippen molar-refractivity contribution < 1.29 is 13.2 Å². The third-order valence-corrected chi connectivity index (χ3v) is 8.67. The Morgan fingerprint density at radius 1 is 1.19 bits per heavy atom. The van der Waals surface area contributed by atoms with Gasteiger partial charge in [-0.3, -0.25) is 4.79 Å². The highest BCUT2D eigenvalue weighted by atomic mass is 32.2. The van der Waals surface area contributed by atoms with Crippen LogP contribution in [0.5, 0.6) is 0 Å². The van der Waals surface area contributed by atoms with Crippen LogP contribution in [0, 0.1) is 5.92 Å².